The lowest BCUT2D eigenvalue weighted by molar-refractivity contribution is -0.115. The summed E-state index contributed by atoms with van der Waals surface area (Å²) >= 11 is 0. The lowest BCUT2D eigenvalue weighted by Crippen LogP contribution is -2.41. The Morgan fingerprint density at radius 3 is 2.75 bits per heavy atom. The number of nitrogens with two attached hydrogens (primary N) is 1. The zero-order valence-corrected chi connectivity index (χ0v) is 14.4. The Labute approximate surface area is 141 Å². The molecule has 0 aliphatic carbocycles. The van der Waals surface area contributed by atoms with Crippen LogP contribution >= 0.6 is 0 Å². The summed E-state index contributed by atoms with van der Waals surface area (Å²) < 4.78 is 24.3. The van der Waals surface area contributed by atoms with E-state index in [0.29, 0.717) is 18.8 Å². The first-order chi connectivity index (χ1) is 11.3. The molecule has 0 bridgehead atoms. The molecule has 3 heterocycles. The molecule has 1 saturated heterocycles. The third-order valence-electron chi connectivity index (χ3n) is 4.82. The molecule has 4 N–H and O–H groups in total. The molecule has 0 atom stereocenters. The van der Waals surface area contributed by atoms with E-state index in [4.69, 9.17) is 5.14 Å². The molecule has 0 aromatic carbocycles. The quantitative estimate of drug-likeness (QED) is 0.669. The first-order valence-corrected chi connectivity index (χ1v) is 9.46. The Morgan fingerprint density at radius 2 is 2.08 bits per heavy atom. The molecule has 1 aromatic heterocycles. The number of hydrogen-bond donors (Lipinski definition) is 3. The Balaban J connectivity index is 1.62. The normalized spacial score (nSPS) is 19.9. The van der Waals surface area contributed by atoms with Gasteiger partial charge in [-0.25, -0.2) is 19.8 Å². The number of aromatic nitrogens is 2. The summed E-state index contributed by atoms with van der Waals surface area (Å²) in [6.07, 6.45) is 4.36. The summed E-state index contributed by atoms with van der Waals surface area (Å²) in [4.78, 5) is 22.2. The number of hydrogen-bond acceptors (Lipinski definition) is 6. The number of anilines is 2. The molecule has 132 valence electrons. The van der Waals surface area contributed by atoms with Crippen LogP contribution in [0.1, 0.15) is 31.7 Å². The Morgan fingerprint density at radius 1 is 1.38 bits per heavy atom. The largest absolute Gasteiger partial charge is 0.356 e. The molecule has 0 radical (unpaired) electrons. The second kappa shape index (κ2) is 6.26. The lowest BCUT2D eigenvalue weighted by atomic mass is 9.77. The fraction of sp³-hybridized carbons (Fsp3) is 0.643. The van der Waals surface area contributed by atoms with Gasteiger partial charge in [0.25, 0.3) is 10.2 Å². The van der Waals surface area contributed by atoms with Crippen LogP contribution in [0.2, 0.25) is 0 Å². The first-order valence-electron chi connectivity index (χ1n) is 7.92. The summed E-state index contributed by atoms with van der Waals surface area (Å²) in [6.45, 7) is 4.12. The van der Waals surface area contributed by atoms with Crippen LogP contribution in [-0.4, -0.2) is 43.9 Å². The van der Waals surface area contributed by atoms with E-state index in [1.807, 2.05) is 0 Å². The Hall–Kier alpha value is -1.78. The highest BCUT2D eigenvalue weighted by atomic mass is 32.2. The summed E-state index contributed by atoms with van der Waals surface area (Å²) in [5, 5.41) is 7.70. The van der Waals surface area contributed by atoms with Gasteiger partial charge in [0.2, 0.25) is 5.91 Å². The monoisotopic (exact) mass is 354 g/mol. The number of carbonyl (C=O) groups excluding carboxylic acids is 1. The number of rotatable bonds is 5. The second-order valence-electron chi connectivity index (χ2n) is 6.74. The minimum atomic E-state index is -3.63. The molecule has 2 aliphatic heterocycles. The van der Waals surface area contributed by atoms with Crippen LogP contribution in [-0.2, 0) is 21.4 Å². The van der Waals surface area contributed by atoms with Gasteiger partial charge in [-0.2, -0.15) is 8.42 Å². The van der Waals surface area contributed by atoms with Crippen molar-refractivity contribution in [3.63, 3.8) is 0 Å². The van der Waals surface area contributed by atoms with E-state index in [1.165, 1.54) is 6.33 Å². The van der Waals surface area contributed by atoms with Crippen LogP contribution in [0.5, 0.6) is 0 Å². The molecule has 24 heavy (non-hydrogen) atoms. The van der Waals surface area contributed by atoms with Crippen molar-refractivity contribution >= 4 is 27.8 Å². The van der Waals surface area contributed by atoms with Gasteiger partial charge >= 0.3 is 0 Å². The van der Waals surface area contributed by atoms with E-state index in [0.717, 1.165) is 43.7 Å². The number of nitrogens with one attached hydrogen (secondary N) is 2. The average Bonchev–Trinajstić information content (AvgIpc) is 2.87. The number of piperidine rings is 1. The molecule has 2 aliphatic rings. The summed E-state index contributed by atoms with van der Waals surface area (Å²) in [5.41, 5.74) is 0.917. The molecular formula is C14H22N6O3S. The molecule has 1 aromatic rings. The predicted molar refractivity (Wildman–Crippen MR) is 89.6 cm³/mol. The maximum atomic E-state index is 11.6. The van der Waals surface area contributed by atoms with Crippen molar-refractivity contribution < 1.29 is 13.2 Å². The molecular weight excluding hydrogens is 332 g/mol. The third kappa shape index (κ3) is 3.82. The minimum Gasteiger partial charge on any atom is -0.356 e. The zero-order valence-electron chi connectivity index (χ0n) is 13.6. The zero-order chi connectivity index (χ0) is 17.4. The number of carbonyl (C=O) groups is 1. The fourth-order valence-corrected chi connectivity index (χ4v) is 3.67. The number of amides is 1. The van der Waals surface area contributed by atoms with E-state index >= 15 is 0 Å². The highest BCUT2D eigenvalue weighted by molar-refractivity contribution is 7.87. The van der Waals surface area contributed by atoms with Gasteiger partial charge in [0, 0.05) is 25.2 Å². The van der Waals surface area contributed by atoms with Crippen molar-refractivity contribution in [2.24, 2.45) is 10.6 Å². The maximum absolute atomic E-state index is 11.6. The molecule has 0 unspecified atom stereocenters. The molecule has 1 fully saturated rings. The van der Waals surface area contributed by atoms with E-state index in [-0.39, 0.29) is 11.3 Å². The average molecular weight is 354 g/mol. The van der Waals surface area contributed by atoms with E-state index in [1.54, 1.807) is 0 Å². The topological polar surface area (TPSA) is 130 Å². The van der Waals surface area contributed by atoms with Crippen molar-refractivity contribution in [2.75, 3.05) is 29.9 Å². The standard InChI is InChI=1S/C14H22N6O3S/c1-14(2-5-18-24(15,22)23)3-6-20(7-4-14)13-10-8-11(21)19-12(10)16-9-17-13/h9,18H,2-8H2,1H3,(H2,15,22,23)(H,16,17,19,21). The van der Waals surface area contributed by atoms with Gasteiger partial charge in [-0.1, -0.05) is 6.92 Å². The SMILES string of the molecule is CC1(CCNS(N)(=O)=O)CCN(c2ncnc3c2CC(=O)N3)CC1. The van der Waals surface area contributed by atoms with E-state index < -0.39 is 10.2 Å². The first kappa shape index (κ1) is 17.1. The second-order valence-corrected chi connectivity index (χ2v) is 8.12. The predicted octanol–water partition coefficient (Wildman–Crippen LogP) is -0.239. The summed E-state index contributed by atoms with van der Waals surface area (Å²) in [6, 6.07) is 0. The van der Waals surface area contributed by atoms with Gasteiger partial charge in [-0.05, 0) is 24.7 Å². The van der Waals surface area contributed by atoms with Gasteiger partial charge in [-0.3, -0.25) is 4.79 Å². The molecule has 10 heteroatoms. The minimum absolute atomic E-state index is 0.0531. The number of nitrogens with zero attached hydrogens (tertiary/aromatic N) is 3. The van der Waals surface area contributed by atoms with Crippen molar-refractivity contribution in [3.8, 4) is 0 Å². The molecule has 1 amide bonds. The van der Waals surface area contributed by atoms with Crippen LogP contribution in [0.15, 0.2) is 6.33 Å². The fourth-order valence-electron chi connectivity index (χ4n) is 3.29. The van der Waals surface area contributed by atoms with Crippen LogP contribution in [0.4, 0.5) is 11.6 Å². The third-order valence-corrected chi connectivity index (χ3v) is 5.43. The number of fused-ring (bicyclic) bond motifs is 1. The van der Waals surface area contributed by atoms with Gasteiger partial charge < -0.3 is 10.2 Å². The van der Waals surface area contributed by atoms with Crippen LogP contribution in [0.25, 0.3) is 0 Å². The van der Waals surface area contributed by atoms with Gasteiger partial charge in [0.1, 0.15) is 18.0 Å². The van der Waals surface area contributed by atoms with E-state index in [9.17, 15) is 13.2 Å². The van der Waals surface area contributed by atoms with Crippen LogP contribution < -0.4 is 20.1 Å². The summed E-state index contributed by atoms with van der Waals surface area (Å²) in [5.74, 6) is 1.38. The Bertz CT molecular complexity index is 743. The smallest absolute Gasteiger partial charge is 0.274 e. The highest BCUT2D eigenvalue weighted by Crippen LogP contribution is 2.37. The summed E-state index contributed by atoms with van der Waals surface area (Å²) in [7, 11) is -3.63. The van der Waals surface area contributed by atoms with Crippen molar-refractivity contribution in [1.29, 1.82) is 0 Å². The molecule has 9 nitrogen and oxygen atoms in total. The van der Waals surface area contributed by atoms with Crippen molar-refractivity contribution in [2.45, 2.75) is 32.6 Å². The van der Waals surface area contributed by atoms with Crippen LogP contribution in [0.3, 0.4) is 0 Å². The Kier molecular flexibility index (Phi) is 4.45. The van der Waals surface area contributed by atoms with Crippen molar-refractivity contribution in [3.05, 3.63) is 11.9 Å². The van der Waals surface area contributed by atoms with Gasteiger partial charge in [0.15, 0.2) is 0 Å². The van der Waals surface area contributed by atoms with Crippen LogP contribution in [0, 0.1) is 5.41 Å². The van der Waals surface area contributed by atoms with Crippen molar-refractivity contribution in [1.82, 2.24) is 14.7 Å². The molecule has 0 spiro atoms. The van der Waals surface area contributed by atoms with Gasteiger partial charge in [0.05, 0.1) is 6.42 Å². The van der Waals surface area contributed by atoms with E-state index in [2.05, 4.69) is 31.8 Å². The highest BCUT2D eigenvalue weighted by Gasteiger charge is 2.33. The maximum Gasteiger partial charge on any atom is 0.274 e. The molecule has 3 rings (SSSR count). The molecule has 0 saturated carbocycles. The van der Waals surface area contributed by atoms with Gasteiger partial charge in [-0.15, -0.1) is 0 Å². The lowest BCUT2D eigenvalue weighted by Gasteiger charge is -2.40.